The van der Waals surface area contributed by atoms with E-state index >= 15 is 0 Å². The summed E-state index contributed by atoms with van der Waals surface area (Å²) < 4.78 is 0. The van der Waals surface area contributed by atoms with E-state index in [2.05, 4.69) is 50.4 Å². The monoisotopic (exact) mass is 192 g/mol. The molecular formula is C12H16S. The van der Waals surface area contributed by atoms with Crippen LogP contribution in [0.4, 0.5) is 0 Å². The van der Waals surface area contributed by atoms with E-state index < -0.39 is 0 Å². The van der Waals surface area contributed by atoms with Crippen LogP contribution in [0.2, 0.25) is 0 Å². The average Bonchev–Trinajstić information content (AvgIpc) is 2.20. The second kappa shape index (κ2) is 5.13. The zero-order chi connectivity index (χ0) is 9.68. The predicted octanol–water partition coefficient (Wildman–Crippen LogP) is 4.22. The van der Waals surface area contributed by atoms with E-state index in [4.69, 9.17) is 0 Å². The standard InChI is InChI=1S/C12H16S/c1-4-10(5-2)11-8-6-7-9-12(11)13-3/h4,6-9H,5H2,1-3H3/b10-4+. The molecule has 0 saturated carbocycles. The largest absolute Gasteiger partial charge is 0.129 e. The van der Waals surface area contributed by atoms with E-state index in [9.17, 15) is 0 Å². The molecule has 0 radical (unpaired) electrons. The number of rotatable bonds is 3. The Kier molecular flexibility index (Phi) is 4.10. The van der Waals surface area contributed by atoms with E-state index in [1.54, 1.807) is 0 Å². The van der Waals surface area contributed by atoms with Gasteiger partial charge in [-0.25, -0.2) is 0 Å². The molecule has 0 nitrogen and oxygen atoms in total. The Bertz CT molecular complexity index is 300. The fourth-order valence-electron chi connectivity index (χ4n) is 1.46. The highest BCUT2D eigenvalue weighted by atomic mass is 32.2. The molecule has 0 N–H and O–H groups in total. The molecule has 0 heterocycles. The van der Waals surface area contributed by atoms with Crippen LogP contribution in [0.15, 0.2) is 35.2 Å². The van der Waals surface area contributed by atoms with Crippen molar-refractivity contribution in [1.82, 2.24) is 0 Å². The third kappa shape index (κ3) is 2.38. The summed E-state index contributed by atoms with van der Waals surface area (Å²) in [5.74, 6) is 0. The van der Waals surface area contributed by atoms with Gasteiger partial charge in [0.2, 0.25) is 0 Å². The van der Waals surface area contributed by atoms with Crippen LogP contribution in [-0.4, -0.2) is 6.26 Å². The maximum atomic E-state index is 2.20. The van der Waals surface area contributed by atoms with Crippen molar-refractivity contribution in [3.8, 4) is 0 Å². The third-order valence-corrected chi connectivity index (χ3v) is 2.98. The Morgan fingerprint density at radius 3 is 2.62 bits per heavy atom. The molecular weight excluding hydrogens is 176 g/mol. The van der Waals surface area contributed by atoms with Crippen LogP contribution in [0.1, 0.15) is 25.8 Å². The average molecular weight is 192 g/mol. The molecule has 0 atom stereocenters. The molecule has 0 amide bonds. The highest BCUT2D eigenvalue weighted by Gasteiger charge is 2.02. The van der Waals surface area contributed by atoms with Gasteiger partial charge in [-0.2, -0.15) is 0 Å². The van der Waals surface area contributed by atoms with Gasteiger partial charge >= 0.3 is 0 Å². The molecule has 0 aliphatic rings. The van der Waals surface area contributed by atoms with Crippen LogP contribution in [0.25, 0.3) is 5.57 Å². The van der Waals surface area contributed by atoms with Crippen molar-refractivity contribution in [2.75, 3.05) is 6.26 Å². The number of benzene rings is 1. The van der Waals surface area contributed by atoms with E-state index in [1.807, 2.05) is 11.8 Å². The van der Waals surface area contributed by atoms with Gasteiger partial charge in [-0.05, 0) is 36.8 Å². The first-order chi connectivity index (χ1) is 6.33. The molecule has 70 valence electrons. The van der Waals surface area contributed by atoms with Gasteiger partial charge in [0.1, 0.15) is 0 Å². The van der Waals surface area contributed by atoms with Gasteiger partial charge in [-0.1, -0.05) is 31.2 Å². The fraction of sp³-hybridized carbons (Fsp3) is 0.333. The van der Waals surface area contributed by atoms with Gasteiger partial charge < -0.3 is 0 Å². The quantitative estimate of drug-likeness (QED) is 0.646. The number of allylic oxidation sites excluding steroid dienone is 2. The highest BCUT2D eigenvalue weighted by Crippen LogP contribution is 2.27. The fourth-order valence-corrected chi connectivity index (χ4v) is 2.09. The minimum atomic E-state index is 1.11. The second-order valence-electron chi connectivity index (χ2n) is 2.87. The molecule has 1 aromatic carbocycles. The van der Waals surface area contributed by atoms with Gasteiger partial charge in [0, 0.05) is 4.90 Å². The Morgan fingerprint density at radius 2 is 2.08 bits per heavy atom. The molecule has 0 saturated heterocycles. The Labute approximate surface area is 85.1 Å². The van der Waals surface area contributed by atoms with Gasteiger partial charge in [0.15, 0.2) is 0 Å². The van der Waals surface area contributed by atoms with Crippen molar-refractivity contribution in [1.29, 1.82) is 0 Å². The van der Waals surface area contributed by atoms with Crippen molar-refractivity contribution in [3.63, 3.8) is 0 Å². The molecule has 0 bridgehead atoms. The van der Waals surface area contributed by atoms with E-state index in [1.165, 1.54) is 16.0 Å². The van der Waals surface area contributed by atoms with Gasteiger partial charge in [-0.3, -0.25) is 0 Å². The van der Waals surface area contributed by atoms with Gasteiger partial charge in [-0.15, -0.1) is 11.8 Å². The van der Waals surface area contributed by atoms with E-state index in [0.29, 0.717) is 0 Å². The second-order valence-corrected chi connectivity index (χ2v) is 3.72. The van der Waals surface area contributed by atoms with E-state index in [0.717, 1.165) is 6.42 Å². The minimum absolute atomic E-state index is 1.11. The first-order valence-electron chi connectivity index (χ1n) is 4.62. The Hall–Kier alpha value is -0.690. The zero-order valence-electron chi connectivity index (χ0n) is 8.50. The van der Waals surface area contributed by atoms with Crippen LogP contribution >= 0.6 is 11.8 Å². The molecule has 0 spiro atoms. The lowest BCUT2D eigenvalue weighted by molar-refractivity contribution is 1.21. The number of hydrogen-bond donors (Lipinski definition) is 0. The van der Waals surface area contributed by atoms with Crippen LogP contribution in [0.5, 0.6) is 0 Å². The summed E-state index contributed by atoms with van der Waals surface area (Å²) in [6, 6.07) is 8.58. The highest BCUT2D eigenvalue weighted by molar-refractivity contribution is 7.98. The lowest BCUT2D eigenvalue weighted by Gasteiger charge is -2.08. The zero-order valence-corrected chi connectivity index (χ0v) is 9.32. The predicted molar refractivity (Wildman–Crippen MR) is 62.2 cm³/mol. The molecule has 13 heavy (non-hydrogen) atoms. The van der Waals surface area contributed by atoms with Crippen molar-refractivity contribution in [2.24, 2.45) is 0 Å². The summed E-state index contributed by atoms with van der Waals surface area (Å²) in [5.41, 5.74) is 2.82. The smallest absolute Gasteiger partial charge is 0.0144 e. The molecule has 0 unspecified atom stereocenters. The van der Waals surface area contributed by atoms with Crippen LogP contribution in [0.3, 0.4) is 0 Å². The third-order valence-electron chi connectivity index (χ3n) is 2.18. The van der Waals surface area contributed by atoms with Crippen LogP contribution in [-0.2, 0) is 0 Å². The number of hydrogen-bond acceptors (Lipinski definition) is 1. The van der Waals surface area contributed by atoms with Crippen LogP contribution < -0.4 is 0 Å². The first kappa shape index (κ1) is 10.4. The van der Waals surface area contributed by atoms with Crippen LogP contribution in [0, 0.1) is 0 Å². The SMILES string of the molecule is C/C=C(\CC)c1ccccc1SC. The molecule has 0 aliphatic heterocycles. The summed E-state index contributed by atoms with van der Waals surface area (Å²) in [7, 11) is 0. The summed E-state index contributed by atoms with van der Waals surface area (Å²) >= 11 is 1.81. The Balaban J connectivity index is 3.12. The molecule has 1 rings (SSSR count). The molecule has 0 aromatic heterocycles. The van der Waals surface area contributed by atoms with Crippen molar-refractivity contribution in [3.05, 3.63) is 35.9 Å². The van der Waals surface area contributed by atoms with Crippen molar-refractivity contribution < 1.29 is 0 Å². The molecule has 1 aromatic rings. The molecule has 1 heteroatoms. The normalized spacial score (nSPS) is 11.8. The van der Waals surface area contributed by atoms with Gasteiger partial charge in [0.25, 0.3) is 0 Å². The molecule has 0 fully saturated rings. The lowest BCUT2D eigenvalue weighted by atomic mass is 10.0. The maximum absolute atomic E-state index is 2.20. The van der Waals surface area contributed by atoms with Crippen molar-refractivity contribution in [2.45, 2.75) is 25.2 Å². The number of thioether (sulfide) groups is 1. The minimum Gasteiger partial charge on any atom is -0.129 e. The topological polar surface area (TPSA) is 0 Å². The summed E-state index contributed by atoms with van der Waals surface area (Å²) in [5, 5.41) is 0. The molecule has 0 aliphatic carbocycles. The first-order valence-corrected chi connectivity index (χ1v) is 5.84. The van der Waals surface area contributed by atoms with E-state index in [-0.39, 0.29) is 0 Å². The maximum Gasteiger partial charge on any atom is 0.0144 e. The van der Waals surface area contributed by atoms with Crippen molar-refractivity contribution >= 4 is 17.3 Å². The van der Waals surface area contributed by atoms with Gasteiger partial charge in [0.05, 0.1) is 0 Å². The Morgan fingerprint density at radius 1 is 1.38 bits per heavy atom. The lowest BCUT2D eigenvalue weighted by Crippen LogP contribution is -1.85. The summed E-state index contributed by atoms with van der Waals surface area (Å²) in [6.45, 7) is 4.31. The summed E-state index contributed by atoms with van der Waals surface area (Å²) in [4.78, 5) is 1.37. The summed E-state index contributed by atoms with van der Waals surface area (Å²) in [6.07, 6.45) is 5.44.